The molecule has 8 nitrogen and oxygen atoms in total. The van der Waals surface area contributed by atoms with Gasteiger partial charge in [-0.1, -0.05) is 32.2 Å². The predicted molar refractivity (Wildman–Crippen MR) is 162 cm³/mol. The highest BCUT2D eigenvalue weighted by atomic mass is 35.5. The first-order chi connectivity index (χ1) is 19.5. The molecule has 10 heteroatoms. The number of benzene rings is 1. The Hall–Kier alpha value is -2.62. The van der Waals surface area contributed by atoms with Gasteiger partial charge in [0.2, 0.25) is 10.0 Å². The molecule has 1 amide bonds. The number of fused-ring (bicyclic) bond motifs is 2. The standard InChI is InChI=1S/C31H41ClN2O6S/c1-6-22(4)30(17-32)18-34-16-25-10-12-26(25)31(19-35,40-7-2)14-8-9-21(3)23(5)41(37,38)33-29(36)24-11-13-28(39-20-30)27(34)15-24/h6,8,11,13-15,19,21,23,25-26H,1,4,7,9-10,12,16-18,20H2,2-3,5H3,(H,33,36)/b14-8+/t21-,23+,25-,26+,30-,31-/m0/s1. The number of carbonyl (C=O) groups excluding carboxylic acids is 2. The van der Waals surface area contributed by atoms with Gasteiger partial charge in [0.15, 0.2) is 6.29 Å². The molecule has 3 aliphatic rings. The summed E-state index contributed by atoms with van der Waals surface area (Å²) in [5.41, 5.74) is -0.172. The Morgan fingerprint density at radius 2 is 2.07 bits per heavy atom. The number of carbonyl (C=O) groups is 2. The van der Waals surface area contributed by atoms with E-state index in [9.17, 15) is 18.0 Å². The molecule has 1 saturated carbocycles. The fourth-order valence-electron chi connectivity index (χ4n) is 6.08. The zero-order valence-electron chi connectivity index (χ0n) is 24.1. The number of nitrogens with zero attached hydrogens (tertiary/aromatic N) is 1. The minimum Gasteiger partial charge on any atom is -0.490 e. The maximum absolute atomic E-state index is 13.2. The molecule has 224 valence electrons. The van der Waals surface area contributed by atoms with Gasteiger partial charge in [-0.3, -0.25) is 9.59 Å². The van der Waals surface area contributed by atoms with Crippen molar-refractivity contribution in [2.24, 2.45) is 23.2 Å². The number of nitrogens with one attached hydrogen (secondary N) is 1. The number of rotatable bonds is 6. The normalized spacial score (nSPS) is 34.0. The molecular formula is C31H41ClN2O6S. The third-order valence-corrected chi connectivity index (χ3v) is 11.6. The zero-order chi connectivity index (χ0) is 30.0. The van der Waals surface area contributed by atoms with Crippen molar-refractivity contribution in [2.45, 2.75) is 50.9 Å². The third kappa shape index (κ3) is 5.99. The molecule has 2 aliphatic heterocycles. The van der Waals surface area contributed by atoms with E-state index < -0.39 is 32.2 Å². The van der Waals surface area contributed by atoms with Crippen LogP contribution in [0.3, 0.4) is 0 Å². The minimum absolute atomic E-state index is 0.0762. The first-order valence-electron chi connectivity index (χ1n) is 14.2. The molecule has 1 aliphatic carbocycles. The molecule has 0 aromatic heterocycles. The third-order valence-electron chi connectivity index (χ3n) is 9.19. The smallest absolute Gasteiger partial charge is 0.264 e. The van der Waals surface area contributed by atoms with Crippen molar-refractivity contribution in [3.8, 4) is 5.75 Å². The van der Waals surface area contributed by atoms with E-state index in [0.717, 1.165) is 24.7 Å². The van der Waals surface area contributed by atoms with E-state index in [0.29, 0.717) is 37.6 Å². The Kier molecular flexibility index (Phi) is 9.41. The summed E-state index contributed by atoms with van der Waals surface area (Å²) in [7, 11) is -3.99. The topological polar surface area (TPSA) is 102 Å². The number of ether oxygens (including phenoxy) is 2. The van der Waals surface area contributed by atoms with Crippen LogP contribution >= 0.6 is 11.6 Å². The predicted octanol–water partition coefficient (Wildman–Crippen LogP) is 4.90. The summed E-state index contributed by atoms with van der Waals surface area (Å²) in [5.74, 6) is -0.195. The molecule has 6 atom stereocenters. The molecule has 1 fully saturated rings. The van der Waals surface area contributed by atoms with Gasteiger partial charge in [0, 0.05) is 37.1 Å². The van der Waals surface area contributed by atoms with Gasteiger partial charge in [0.05, 0.1) is 16.4 Å². The number of anilines is 1. The molecule has 41 heavy (non-hydrogen) atoms. The number of amides is 1. The summed E-state index contributed by atoms with van der Waals surface area (Å²) in [4.78, 5) is 28.1. The summed E-state index contributed by atoms with van der Waals surface area (Å²) in [6, 6.07) is 4.93. The van der Waals surface area contributed by atoms with Gasteiger partial charge in [-0.05, 0) is 74.8 Å². The summed E-state index contributed by atoms with van der Waals surface area (Å²) >= 11 is 6.56. The van der Waals surface area contributed by atoms with Crippen LogP contribution in [0.5, 0.6) is 5.75 Å². The van der Waals surface area contributed by atoms with E-state index in [4.69, 9.17) is 21.1 Å². The molecule has 2 bridgehead atoms. The van der Waals surface area contributed by atoms with Gasteiger partial charge in [-0.25, -0.2) is 13.1 Å². The van der Waals surface area contributed by atoms with Crippen LogP contribution in [0.2, 0.25) is 0 Å². The lowest BCUT2D eigenvalue weighted by molar-refractivity contribution is -0.140. The van der Waals surface area contributed by atoms with Crippen molar-refractivity contribution < 1.29 is 27.5 Å². The largest absolute Gasteiger partial charge is 0.490 e. The molecule has 1 N–H and O–H groups in total. The number of alkyl halides is 1. The number of halogens is 1. The van der Waals surface area contributed by atoms with Crippen LogP contribution in [-0.4, -0.2) is 63.6 Å². The van der Waals surface area contributed by atoms with E-state index in [1.54, 1.807) is 37.3 Å². The Bertz CT molecular complexity index is 1330. The minimum atomic E-state index is -3.99. The van der Waals surface area contributed by atoms with E-state index >= 15 is 0 Å². The maximum Gasteiger partial charge on any atom is 0.264 e. The quantitative estimate of drug-likeness (QED) is 0.213. The number of hydrogen-bond donors (Lipinski definition) is 1. The lowest BCUT2D eigenvalue weighted by atomic mass is 9.64. The van der Waals surface area contributed by atoms with Crippen LogP contribution in [0.15, 0.2) is 55.2 Å². The Morgan fingerprint density at radius 3 is 2.68 bits per heavy atom. The van der Waals surface area contributed by atoms with Crippen molar-refractivity contribution >= 4 is 39.5 Å². The summed E-state index contributed by atoms with van der Waals surface area (Å²) < 4.78 is 41.0. The van der Waals surface area contributed by atoms with Crippen LogP contribution in [0.25, 0.3) is 0 Å². The molecule has 0 radical (unpaired) electrons. The second-order valence-electron chi connectivity index (χ2n) is 11.6. The Labute approximate surface area is 248 Å². The van der Waals surface area contributed by atoms with E-state index in [1.165, 1.54) is 0 Å². The van der Waals surface area contributed by atoms with Gasteiger partial charge in [-0.15, -0.1) is 11.6 Å². The molecule has 0 saturated heterocycles. The molecule has 1 aromatic rings. The van der Waals surface area contributed by atoms with Crippen LogP contribution in [-0.2, 0) is 19.6 Å². The number of hydrogen-bond acceptors (Lipinski definition) is 7. The van der Waals surface area contributed by atoms with Crippen molar-refractivity contribution in [3.63, 3.8) is 0 Å². The zero-order valence-corrected chi connectivity index (χ0v) is 25.7. The lowest BCUT2D eigenvalue weighted by Gasteiger charge is -2.48. The van der Waals surface area contributed by atoms with Crippen molar-refractivity contribution in [3.05, 3.63) is 60.7 Å². The summed E-state index contributed by atoms with van der Waals surface area (Å²) in [6.45, 7) is 15.0. The summed E-state index contributed by atoms with van der Waals surface area (Å²) in [5, 5.41) is -0.854. The Balaban J connectivity index is 1.86. The van der Waals surface area contributed by atoms with E-state index in [-0.39, 0.29) is 35.8 Å². The monoisotopic (exact) mass is 604 g/mol. The van der Waals surface area contributed by atoms with E-state index in [2.05, 4.69) is 22.8 Å². The second kappa shape index (κ2) is 12.3. The van der Waals surface area contributed by atoms with Gasteiger partial charge < -0.3 is 14.4 Å². The van der Waals surface area contributed by atoms with Gasteiger partial charge in [-0.2, -0.15) is 0 Å². The fourth-order valence-corrected chi connectivity index (χ4v) is 7.70. The van der Waals surface area contributed by atoms with Gasteiger partial charge >= 0.3 is 0 Å². The average Bonchev–Trinajstić information content (AvgIpc) is 3.10. The number of sulfonamides is 1. The van der Waals surface area contributed by atoms with Crippen LogP contribution in [0.4, 0.5) is 5.69 Å². The molecule has 0 unspecified atom stereocenters. The lowest BCUT2D eigenvalue weighted by Crippen LogP contribution is -2.53. The first kappa shape index (κ1) is 31.3. The highest BCUT2D eigenvalue weighted by Crippen LogP contribution is 2.47. The van der Waals surface area contributed by atoms with Crippen LogP contribution in [0, 0.1) is 23.2 Å². The first-order valence-corrected chi connectivity index (χ1v) is 16.3. The highest BCUT2D eigenvalue weighted by molar-refractivity contribution is 7.90. The molecule has 0 spiro atoms. The van der Waals surface area contributed by atoms with Crippen molar-refractivity contribution in [2.75, 3.05) is 37.1 Å². The van der Waals surface area contributed by atoms with Gasteiger partial charge in [0.25, 0.3) is 5.91 Å². The maximum atomic E-state index is 13.2. The molecule has 2 heterocycles. The fraction of sp³-hybridized carbons (Fsp3) is 0.548. The second-order valence-corrected chi connectivity index (χ2v) is 13.9. The molecule has 4 rings (SSSR count). The van der Waals surface area contributed by atoms with Crippen LogP contribution < -0.4 is 14.4 Å². The van der Waals surface area contributed by atoms with Gasteiger partial charge in [0.1, 0.15) is 18.0 Å². The van der Waals surface area contributed by atoms with Crippen LogP contribution in [0.1, 0.15) is 50.4 Å². The molecule has 1 aromatic carbocycles. The van der Waals surface area contributed by atoms with Crippen molar-refractivity contribution in [1.29, 1.82) is 0 Å². The highest BCUT2D eigenvalue weighted by Gasteiger charge is 2.49. The summed E-state index contributed by atoms with van der Waals surface area (Å²) in [6.07, 6.45) is 8.34. The van der Waals surface area contributed by atoms with E-state index in [1.807, 2.05) is 19.9 Å². The average molecular weight is 605 g/mol. The SMILES string of the molecule is C=CC(=C)[C@]1(CCl)COc2ccc3cc2N(C[C@@H]2CC[C@H]2[C@](C=O)(OCC)/C=C/C[C@H](C)[C@@H](C)S(=O)(=O)NC3=O)C1. The van der Waals surface area contributed by atoms with Crippen molar-refractivity contribution in [1.82, 2.24) is 4.72 Å². The number of allylic oxidation sites excluding steroid dienone is 2. The number of aldehydes is 1. The molecular weight excluding hydrogens is 564 g/mol. The Morgan fingerprint density at radius 1 is 1.32 bits per heavy atom.